The van der Waals surface area contributed by atoms with E-state index in [-0.39, 0.29) is 0 Å². The van der Waals surface area contributed by atoms with Gasteiger partial charge in [0.1, 0.15) is 5.56 Å². The van der Waals surface area contributed by atoms with E-state index < -0.39 is 5.97 Å². The predicted octanol–water partition coefficient (Wildman–Crippen LogP) is 2.16. The van der Waals surface area contributed by atoms with E-state index in [0.717, 1.165) is 44.5 Å². The lowest BCUT2D eigenvalue weighted by Gasteiger charge is -2.09. The summed E-state index contributed by atoms with van der Waals surface area (Å²) >= 11 is 0. The number of ether oxygens (including phenoxy) is 1. The number of carbonyl (C=O) groups is 1. The number of hydrogen-bond acceptors (Lipinski definition) is 3. The molecule has 18 heavy (non-hydrogen) atoms. The molecule has 0 aromatic carbocycles. The fourth-order valence-corrected chi connectivity index (χ4v) is 2.56. The van der Waals surface area contributed by atoms with Crippen LogP contribution in [0.3, 0.4) is 0 Å². The van der Waals surface area contributed by atoms with Crippen LogP contribution >= 0.6 is 0 Å². The Morgan fingerprint density at radius 1 is 1.56 bits per heavy atom. The summed E-state index contributed by atoms with van der Waals surface area (Å²) in [5.74, 6) is -0.893. The number of carboxylic acids is 1. The molecule has 1 N–H and O–H groups in total. The Balaban J connectivity index is 1.93. The molecule has 1 unspecified atom stereocenters. The van der Waals surface area contributed by atoms with Gasteiger partial charge in [-0.1, -0.05) is 0 Å². The summed E-state index contributed by atoms with van der Waals surface area (Å²) in [5.41, 5.74) is 1.68. The van der Waals surface area contributed by atoms with Gasteiger partial charge in [-0.25, -0.2) is 4.79 Å². The third-order valence-electron chi connectivity index (χ3n) is 3.52. The molecule has 1 aliphatic rings. The molecule has 1 fully saturated rings. The van der Waals surface area contributed by atoms with Gasteiger partial charge < -0.3 is 9.84 Å². The summed E-state index contributed by atoms with van der Waals surface area (Å²) in [6.45, 7) is 5.20. The number of aromatic nitrogens is 2. The van der Waals surface area contributed by atoms with Gasteiger partial charge in [0.2, 0.25) is 0 Å². The maximum atomic E-state index is 11.1. The second-order valence-electron chi connectivity index (χ2n) is 4.85. The van der Waals surface area contributed by atoms with Gasteiger partial charge in [0.15, 0.2) is 0 Å². The van der Waals surface area contributed by atoms with Crippen LogP contribution in [0.1, 0.15) is 47.4 Å². The lowest BCUT2D eigenvalue weighted by molar-refractivity contribution is 0.0695. The van der Waals surface area contributed by atoms with Gasteiger partial charge in [-0.15, -0.1) is 0 Å². The third-order valence-corrected chi connectivity index (χ3v) is 3.52. The van der Waals surface area contributed by atoms with Gasteiger partial charge >= 0.3 is 5.97 Å². The van der Waals surface area contributed by atoms with Crippen molar-refractivity contribution in [2.45, 2.75) is 52.2 Å². The molecule has 1 aromatic rings. The normalized spacial score (nSPS) is 19.3. The van der Waals surface area contributed by atoms with E-state index in [1.54, 1.807) is 11.6 Å². The largest absolute Gasteiger partial charge is 0.478 e. The molecule has 1 saturated heterocycles. The molecule has 0 saturated carbocycles. The van der Waals surface area contributed by atoms with Crippen molar-refractivity contribution in [3.63, 3.8) is 0 Å². The maximum Gasteiger partial charge on any atom is 0.339 e. The van der Waals surface area contributed by atoms with Crippen LogP contribution in [-0.4, -0.2) is 33.6 Å². The second kappa shape index (κ2) is 5.52. The highest BCUT2D eigenvalue weighted by molar-refractivity contribution is 5.90. The van der Waals surface area contributed by atoms with Crippen LogP contribution in [0.15, 0.2) is 0 Å². The average molecular weight is 252 g/mol. The van der Waals surface area contributed by atoms with E-state index >= 15 is 0 Å². The van der Waals surface area contributed by atoms with Gasteiger partial charge in [0, 0.05) is 13.2 Å². The van der Waals surface area contributed by atoms with Crippen LogP contribution in [0.2, 0.25) is 0 Å². The molecule has 0 spiro atoms. The minimum absolute atomic E-state index is 0.340. The lowest BCUT2D eigenvalue weighted by Crippen LogP contribution is -2.09. The van der Waals surface area contributed by atoms with E-state index in [0.29, 0.717) is 17.4 Å². The highest BCUT2D eigenvalue weighted by Gasteiger charge is 2.18. The fraction of sp³-hybridized carbons (Fsp3) is 0.692. The van der Waals surface area contributed by atoms with Crippen LogP contribution in [0, 0.1) is 13.8 Å². The predicted molar refractivity (Wildman–Crippen MR) is 66.9 cm³/mol. The molecule has 0 radical (unpaired) electrons. The van der Waals surface area contributed by atoms with Crippen LogP contribution in [-0.2, 0) is 11.3 Å². The van der Waals surface area contributed by atoms with Crippen LogP contribution in [0.5, 0.6) is 0 Å². The highest BCUT2D eigenvalue weighted by atomic mass is 16.5. The molecule has 100 valence electrons. The van der Waals surface area contributed by atoms with Crippen molar-refractivity contribution in [1.82, 2.24) is 9.78 Å². The van der Waals surface area contributed by atoms with Crippen molar-refractivity contribution in [3.8, 4) is 0 Å². The van der Waals surface area contributed by atoms with Crippen molar-refractivity contribution in [3.05, 3.63) is 17.0 Å². The van der Waals surface area contributed by atoms with Crippen molar-refractivity contribution >= 4 is 5.97 Å². The van der Waals surface area contributed by atoms with E-state index in [1.807, 2.05) is 6.92 Å². The minimum atomic E-state index is -0.893. The molecule has 1 aliphatic heterocycles. The Kier molecular flexibility index (Phi) is 4.01. The third kappa shape index (κ3) is 2.72. The molecule has 0 bridgehead atoms. The van der Waals surface area contributed by atoms with E-state index in [4.69, 9.17) is 9.84 Å². The first-order valence-electron chi connectivity index (χ1n) is 6.48. The molecule has 0 aliphatic carbocycles. The van der Waals surface area contributed by atoms with Gasteiger partial charge in [-0.05, 0) is 39.5 Å². The summed E-state index contributed by atoms with van der Waals surface area (Å²) in [6, 6.07) is 0. The minimum Gasteiger partial charge on any atom is -0.478 e. The van der Waals surface area contributed by atoms with Crippen molar-refractivity contribution < 1.29 is 14.6 Å². The standard InChI is InChI=1S/C13H20N2O3/c1-9-12(13(16)17)10(2)15(14-9)7-3-5-11-6-4-8-18-11/h11H,3-8H2,1-2H3,(H,16,17). The number of hydrogen-bond donors (Lipinski definition) is 1. The first kappa shape index (κ1) is 13.1. The van der Waals surface area contributed by atoms with Gasteiger partial charge in [0.05, 0.1) is 17.5 Å². The molecule has 1 atom stereocenters. The quantitative estimate of drug-likeness (QED) is 0.872. The zero-order valence-electron chi connectivity index (χ0n) is 11.0. The van der Waals surface area contributed by atoms with E-state index in [1.165, 1.54) is 0 Å². The molecule has 5 heteroatoms. The van der Waals surface area contributed by atoms with Crippen molar-refractivity contribution in [2.75, 3.05) is 6.61 Å². The van der Waals surface area contributed by atoms with Gasteiger partial charge in [-0.2, -0.15) is 5.10 Å². The second-order valence-corrected chi connectivity index (χ2v) is 4.85. The first-order chi connectivity index (χ1) is 8.59. The summed E-state index contributed by atoms with van der Waals surface area (Å²) in [6.07, 6.45) is 4.71. The summed E-state index contributed by atoms with van der Waals surface area (Å²) in [5, 5.41) is 13.4. The molecular weight excluding hydrogens is 232 g/mol. The number of carboxylic acid groups (broad SMARTS) is 1. The topological polar surface area (TPSA) is 64.4 Å². The SMILES string of the molecule is Cc1nn(CCCC2CCCO2)c(C)c1C(=O)O. The van der Waals surface area contributed by atoms with Crippen LogP contribution in [0.25, 0.3) is 0 Å². The number of aryl methyl sites for hydroxylation is 2. The molecule has 2 heterocycles. The Bertz CT molecular complexity index is 434. The van der Waals surface area contributed by atoms with Gasteiger partial charge in [0.25, 0.3) is 0 Å². The first-order valence-corrected chi connectivity index (χ1v) is 6.48. The van der Waals surface area contributed by atoms with Crippen LogP contribution in [0.4, 0.5) is 0 Å². The zero-order valence-corrected chi connectivity index (χ0v) is 11.0. The smallest absolute Gasteiger partial charge is 0.339 e. The molecule has 0 amide bonds. The zero-order chi connectivity index (χ0) is 13.1. The summed E-state index contributed by atoms with van der Waals surface area (Å²) in [7, 11) is 0. The molecule has 2 rings (SSSR count). The molecule has 5 nitrogen and oxygen atoms in total. The van der Waals surface area contributed by atoms with Gasteiger partial charge in [-0.3, -0.25) is 4.68 Å². The van der Waals surface area contributed by atoms with E-state index in [2.05, 4.69) is 5.10 Å². The molecular formula is C13H20N2O3. The Labute approximate surface area is 107 Å². The fourth-order valence-electron chi connectivity index (χ4n) is 2.56. The Hall–Kier alpha value is -1.36. The Morgan fingerprint density at radius 3 is 2.89 bits per heavy atom. The Morgan fingerprint density at radius 2 is 2.33 bits per heavy atom. The number of rotatable bonds is 5. The van der Waals surface area contributed by atoms with Crippen molar-refractivity contribution in [2.24, 2.45) is 0 Å². The average Bonchev–Trinajstić information content (AvgIpc) is 2.88. The van der Waals surface area contributed by atoms with Crippen LogP contribution < -0.4 is 0 Å². The highest BCUT2D eigenvalue weighted by Crippen LogP contribution is 2.18. The number of nitrogens with zero attached hydrogens (tertiary/aromatic N) is 2. The maximum absolute atomic E-state index is 11.1. The lowest BCUT2D eigenvalue weighted by atomic mass is 10.1. The number of aromatic carboxylic acids is 1. The molecule has 1 aromatic heterocycles. The summed E-state index contributed by atoms with van der Waals surface area (Å²) in [4.78, 5) is 11.1. The van der Waals surface area contributed by atoms with Crippen molar-refractivity contribution in [1.29, 1.82) is 0 Å². The summed E-state index contributed by atoms with van der Waals surface area (Å²) < 4.78 is 7.36. The van der Waals surface area contributed by atoms with E-state index in [9.17, 15) is 4.79 Å². The monoisotopic (exact) mass is 252 g/mol.